The van der Waals surface area contributed by atoms with Crippen molar-refractivity contribution >= 4 is 50.4 Å². The molecule has 2 amide bonds. The van der Waals surface area contributed by atoms with E-state index in [0.717, 1.165) is 15.6 Å². The Kier molecular flexibility index (Phi) is 6.71. The Balaban J connectivity index is 1.64. The first-order chi connectivity index (χ1) is 14.3. The highest BCUT2D eigenvalue weighted by Crippen LogP contribution is 2.23. The second-order valence-electron chi connectivity index (χ2n) is 6.89. The number of halogens is 1. The molecule has 0 aliphatic carbocycles. The Morgan fingerprint density at radius 3 is 2.30 bits per heavy atom. The number of hydrogen-bond donors (Lipinski definition) is 2. The maximum Gasteiger partial charge on any atom is 0.330 e. The standard InChI is InChI=1S/C21H24BrN5O3/c1-4-26-16-8-9-17(25-20(16)27(5-2)21(26)30)24-19(29)11-10-18(28)23-15-7-6-13(3)12-14(15)22/h6-9,12H,4-5,10-11H2,1-3H3,(H,23,28)(H,24,25,29). The van der Waals surface area contributed by atoms with E-state index in [2.05, 4.69) is 31.5 Å². The SMILES string of the molecule is CCn1c(=O)n(CC)c2nc(NC(=O)CCC(=O)Nc3ccc(C)cc3Br)ccc21. The molecule has 0 spiro atoms. The van der Waals surface area contributed by atoms with Gasteiger partial charge in [-0.1, -0.05) is 6.07 Å². The maximum absolute atomic E-state index is 12.4. The molecule has 3 aromatic rings. The van der Waals surface area contributed by atoms with Crippen molar-refractivity contribution in [2.24, 2.45) is 0 Å². The summed E-state index contributed by atoms with van der Waals surface area (Å²) in [5.41, 5.74) is 2.88. The molecule has 2 N–H and O–H groups in total. The van der Waals surface area contributed by atoms with Crippen LogP contribution in [0, 0.1) is 6.92 Å². The van der Waals surface area contributed by atoms with Crippen molar-refractivity contribution in [3.63, 3.8) is 0 Å². The molecule has 158 valence electrons. The van der Waals surface area contributed by atoms with Gasteiger partial charge >= 0.3 is 5.69 Å². The zero-order chi connectivity index (χ0) is 21.8. The zero-order valence-electron chi connectivity index (χ0n) is 17.2. The highest BCUT2D eigenvalue weighted by Gasteiger charge is 2.14. The van der Waals surface area contributed by atoms with Gasteiger partial charge < -0.3 is 10.6 Å². The van der Waals surface area contributed by atoms with Gasteiger partial charge in [0.25, 0.3) is 0 Å². The monoisotopic (exact) mass is 473 g/mol. The molecule has 0 atom stereocenters. The van der Waals surface area contributed by atoms with E-state index in [0.29, 0.717) is 30.2 Å². The third-order valence-corrected chi connectivity index (χ3v) is 5.40. The third-order valence-electron chi connectivity index (χ3n) is 4.74. The van der Waals surface area contributed by atoms with Crippen molar-refractivity contribution in [2.45, 2.75) is 46.7 Å². The van der Waals surface area contributed by atoms with Gasteiger partial charge in [-0.25, -0.2) is 9.78 Å². The molecule has 2 heterocycles. The van der Waals surface area contributed by atoms with Gasteiger partial charge in [0.15, 0.2) is 5.65 Å². The van der Waals surface area contributed by atoms with Gasteiger partial charge in [0.2, 0.25) is 11.8 Å². The summed E-state index contributed by atoms with van der Waals surface area (Å²) >= 11 is 3.42. The molecule has 8 nitrogen and oxygen atoms in total. The van der Waals surface area contributed by atoms with E-state index in [9.17, 15) is 14.4 Å². The normalized spacial score (nSPS) is 10.9. The van der Waals surface area contributed by atoms with Gasteiger partial charge in [-0.3, -0.25) is 18.7 Å². The second-order valence-corrected chi connectivity index (χ2v) is 7.74. The van der Waals surface area contributed by atoms with Crippen LogP contribution in [0.4, 0.5) is 11.5 Å². The Bertz CT molecular complexity index is 1170. The number of rotatable bonds is 7. The van der Waals surface area contributed by atoms with Crippen molar-refractivity contribution in [3.8, 4) is 0 Å². The molecule has 0 bridgehead atoms. The fraction of sp³-hybridized carbons (Fsp3) is 0.333. The maximum atomic E-state index is 12.4. The summed E-state index contributed by atoms with van der Waals surface area (Å²) in [6.45, 7) is 6.77. The predicted octanol–water partition coefficient (Wildman–Crippen LogP) is 3.67. The number of carbonyl (C=O) groups is 2. The van der Waals surface area contributed by atoms with Gasteiger partial charge in [0, 0.05) is 30.4 Å². The van der Waals surface area contributed by atoms with Crippen molar-refractivity contribution in [1.29, 1.82) is 0 Å². The molecule has 9 heteroatoms. The van der Waals surface area contributed by atoms with E-state index in [1.54, 1.807) is 21.3 Å². The van der Waals surface area contributed by atoms with E-state index in [1.807, 2.05) is 39.0 Å². The molecular weight excluding hydrogens is 450 g/mol. The number of aryl methyl sites for hydroxylation is 3. The Morgan fingerprint density at radius 2 is 1.67 bits per heavy atom. The largest absolute Gasteiger partial charge is 0.330 e. The van der Waals surface area contributed by atoms with Crippen LogP contribution in [-0.4, -0.2) is 25.9 Å². The average Bonchev–Trinajstić information content (AvgIpc) is 2.98. The lowest BCUT2D eigenvalue weighted by Crippen LogP contribution is -2.23. The molecule has 0 unspecified atom stereocenters. The number of anilines is 2. The number of nitrogens with one attached hydrogen (secondary N) is 2. The molecule has 2 aromatic heterocycles. The molecule has 0 saturated heterocycles. The minimum Gasteiger partial charge on any atom is -0.325 e. The topological polar surface area (TPSA) is 98.0 Å². The second kappa shape index (κ2) is 9.25. The van der Waals surface area contributed by atoms with Crippen LogP contribution >= 0.6 is 15.9 Å². The summed E-state index contributed by atoms with van der Waals surface area (Å²) in [5, 5.41) is 5.50. The summed E-state index contributed by atoms with van der Waals surface area (Å²) in [7, 11) is 0. The van der Waals surface area contributed by atoms with E-state index in [-0.39, 0.29) is 30.3 Å². The Hall–Kier alpha value is -2.94. The van der Waals surface area contributed by atoms with Gasteiger partial charge in [-0.15, -0.1) is 0 Å². The van der Waals surface area contributed by atoms with Crippen LogP contribution in [-0.2, 0) is 22.7 Å². The van der Waals surface area contributed by atoms with E-state index in [1.165, 1.54) is 0 Å². The third kappa shape index (κ3) is 4.62. The Morgan fingerprint density at radius 1 is 1.00 bits per heavy atom. The van der Waals surface area contributed by atoms with Crippen LogP contribution in [0.25, 0.3) is 11.2 Å². The molecule has 0 saturated carbocycles. The summed E-state index contributed by atoms with van der Waals surface area (Å²) in [6.07, 6.45) is 0.0614. The van der Waals surface area contributed by atoms with E-state index < -0.39 is 0 Å². The first-order valence-electron chi connectivity index (χ1n) is 9.80. The fourth-order valence-electron chi connectivity index (χ4n) is 3.22. The van der Waals surface area contributed by atoms with Crippen molar-refractivity contribution in [3.05, 3.63) is 50.9 Å². The first-order valence-corrected chi connectivity index (χ1v) is 10.6. The first kappa shape index (κ1) is 21.8. The smallest absolute Gasteiger partial charge is 0.325 e. The molecule has 3 rings (SSSR count). The van der Waals surface area contributed by atoms with Crippen LogP contribution in [0.1, 0.15) is 32.3 Å². The molecule has 1 aromatic carbocycles. The number of fused-ring (bicyclic) bond motifs is 1. The molecule has 0 fully saturated rings. The van der Waals surface area contributed by atoms with Gasteiger partial charge in [0.1, 0.15) is 5.82 Å². The van der Waals surface area contributed by atoms with Crippen LogP contribution < -0.4 is 16.3 Å². The fourth-order valence-corrected chi connectivity index (χ4v) is 3.81. The number of hydrogen-bond acceptors (Lipinski definition) is 4. The summed E-state index contributed by atoms with van der Waals surface area (Å²) in [4.78, 5) is 41.3. The highest BCUT2D eigenvalue weighted by atomic mass is 79.9. The molecular formula is C21H24BrN5O3. The van der Waals surface area contributed by atoms with Crippen molar-refractivity contribution in [1.82, 2.24) is 14.1 Å². The quantitative estimate of drug-likeness (QED) is 0.546. The molecule has 0 radical (unpaired) electrons. The predicted molar refractivity (Wildman–Crippen MR) is 121 cm³/mol. The van der Waals surface area contributed by atoms with Crippen LogP contribution in [0.3, 0.4) is 0 Å². The molecule has 30 heavy (non-hydrogen) atoms. The van der Waals surface area contributed by atoms with Crippen molar-refractivity contribution < 1.29 is 9.59 Å². The van der Waals surface area contributed by atoms with Gasteiger partial charge in [-0.2, -0.15) is 0 Å². The zero-order valence-corrected chi connectivity index (χ0v) is 18.7. The van der Waals surface area contributed by atoms with Crippen LogP contribution in [0.15, 0.2) is 39.6 Å². The van der Waals surface area contributed by atoms with E-state index >= 15 is 0 Å². The highest BCUT2D eigenvalue weighted by molar-refractivity contribution is 9.10. The number of pyridine rings is 1. The minimum atomic E-state index is -0.319. The van der Waals surface area contributed by atoms with Crippen molar-refractivity contribution in [2.75, 3.05) is 10.6 Å². The van der Waals surface area contributed by atoms with Crippen LogP contribution in [0.5, 0.6) is 0 Å². The number of nitrogens with zero attached hydrogens (tertiary/aromatic N) is 3. The van der Waals surface area contributed by atoms with Crippen LogP contribution in [0.2, 0.25) is 0 Å². The lowest BCUT2D eigenvalue weighted by Gasteiger charge is -2.08. The lowest BCUT2D eigenvalue weighted by molar-refractivity contribution is -0.121. The number of aromatic nitrogens is 3. The minimum absolute atomic E-state index is 0.0194. The molecule has 0 aliphatic heterocycles. The molecule has 0 aliphatic rings. The van der Waals surface area contributed by atoms with Gasteiger partial charge in [-0.05, 0) is 66.5 Å². The van der Waals surface area contributed by atoms with Gasteiger partial charge in [0.05, 0.1) is 11.2 Å². The lowest BCUT2D eigenvalue weighted by atomic mass is 10.2. The number of benzene rings is 1. The number of carbonyl (C=O) groups excluding carboxylic acids is 2. The summed E-state index contributed by atoms with van der Waals surface area (Å²) in [6, 6.07) is 9.06. The Labute approximate surface area is 182 Å². The summed E-state index contributed by atoms with van der Waals surface area (Å²) < 4.78 is 4.01. The number of imidazole rings is 1. The average molecular weight is 474 g/mol. The number of amides is 2. The van der Waals surface area contributed by atoms with E-state index in [4.69, 9.17) is 0 Å². The summed E-state index contributed by atoms with van der Waals surface area (Å²) in [5.74, 6) is -0.220.